The summed E-state index contributed by atoms with van der Waals surface area (Å²) in [6, 6.07) is 12.1. The van der Waals surface area contributed by atoms with Crippen molar-refractivity contribution in [2.24, 2.45) is 0 Å². The van der Waals surface area contributed by atoms with Crippen LogP contribution in [0.15, 0.2) is 42.6 Å². The number of hydrogen-bond donors (Lipinski definition) is 2. The number of halogens is 2. The first-order valence-corrected chi connectivity index (χ1v) is 10.6. The number of fused-ring (bicyclic) bond motifs is 1. The average Bonchev–Trinajstić information content (AvgIpc) is 3.22. The number of H-pyrrole nitrogens is 1. The summed E-state index contributed by atoms with van der Waals surface area (Å²) in [5.74, 6) is 1.59. The Kier molecular flexibility index (Phi) is 6.20. The van der Waals surface area contributed by atoms with E-state index in [1.165, 1.54) is 5.56 Å². The van der Waals surface area contributed by atoms with E-state index in [1.54, 1.807) is 26.5 Å². The molecule has 2 aromatic carbocycles. The van der Waals surface area contributed by atoms with Crippen molar-refractivity contribution in [2.45, 2.75) is 19.9 Å². The van der Waals surface area contributed by atoms with Gasteiger partial charge in [0.05, 0.1) is 30.5 Å². The van der Waals surface area contributed by atoms with Gasteiger partial charge in [-0.2, -0.15) is 0 Å². The Labute approximate surface area is 190 Å². The third kappa shape index (κ3) is 4.27. The van der Waals surface area contributed by atoms with E-state index in [0.717, 1.165) is 28.8 Å². The van der Waals surface area contributed by atoms with Crippen LogP contribution in [-0.2, 0) is 13.0 Å². The van der Waals surface area contributed by atoms with Crippen LogP contribution in [0.25, 0.3) is 22.4 Å². The number of aromatic nitrogens is 3. The maximum absolute atomic E-state index is 6.45. The molecule has 31 heavy (non-hydrogen) atoms. The molecule has 0 spiro atoms. The Morgan fingerprint density at radius 2 is 1.68 bits per heavy atom. The highest BCUT2D eigenvalue weighted by Gasteiger charge is 2.17. The van der Waals surface area contributed by atoms with E-state index in [-0.39, 0.29) is 0 Å². The summed E-state index contributed by atoms with van der Waals surface area (Å²) < 4.78 is 10.6. The lowest BCUT2D eigenvalue weighted by Crippen LogP contribution is -2.05. The van der Waals surface area contributed by atoms with Gasteiger partial charge in [0.1, 0.15) is 22.8 Å². The van der Waals surface area contributed by atoms with Crippen LogP contribution in [0, 0.1) is 0 Å². The first-order valence-electron chi connectivity index (χ1n) is 9.81. The molecule has 0 atom stereocenters. The molecule has 0 aliphatic rings. The molecule has 0 saturated carbocycles. The van der Waals surface area contributed by atoms with Crippen molar-refractivity contribution in [2.75, 3.05) is 19.5 Å². The van der Waals surface area contributed by atoms with E-state index < -0.39 is 0 Å². The average molecular weight is 457 g/mol. The number of ether oxygens (including phenoxy) is 2. The van der Waals surface area contributed by atoms with Gasteiger partial charge in [-0.1, -0.05) is 54.4 Å². The molecular formula is C23H22Cl2N4O2. The molecule has 8 heteroatoms. The van der Waals surface area contributed by atoms with Crippen molar-refractivity contribution >= 4 is 40.2 Å². The summed E-state index contributed by atoms with van der Waals surface area (Å²) in [5, 5.41) is 4.08. The summed E-state index contributed by atoms with van der Waals surface area (Å²) in [7, 11) is 3.09. The lowest BCUT2D eigenvalue weighted by atomic mass is 10.1. The number of benzene rings is 2. The highest BCUT2D eigenvalue weighted by Crippen LogP contribution is 2.40. The van der Waals surface area contributed by atoms with Gasteiger partial charge in [0.2, 0.25) is 0 Å². The van der Waals surface area contributed by atoms with Gasteiger partial charge < -0.3 is 19.8 Å². The summed E-state index contributed by atoms with van der Waals surface area (Å²) in [6.45, 7) is 2.48. The Balaban J connectivity index is 1.59. The largest absolute Gasteiger partial charge is 0.495 e. The van der Waals surface area contributed by atoms with E-state index in [1.807, 2.05) is 6.07 Å². The molecule has 0 fully saturated rings. The van der Waals surface area contributed by atoms with E-state index in [9.17, 15) is 0 Å². The number of rotatable bonds is 7. The minimum Gasteiger partial charge on any atom is -0.495 e. The van der Waals surface area contributed by atoms with E-state index in [4.69, 9.17) is 32.7 Å². The zero-order valence-electron chi connectivity index (χ0n) is 17.4. The zero-order valence-corrected chi connectivity index (χ0v) is 18.9. The summed E-state index contributed by atoms with van der Waals surface area (Å²) in [6.07, 6.45) is 2.68. The standard InChI is InChI=1S/C23H22Cl2N4O2/c1-4-13-5-7-14(8-6-13)16-9-17-23(29-16)27-12-20(28-17)26-11-15-21(24)18(30-2)10-19(31-3)22(15)25/h5-10,12H,4,11H2,1-3H3,(H,26,28)(H,27,29). The van der Waals surface area contributed by atoms with Crippen LogP contribution in [-0.4, -0.2) is 29.2 Å². The first-order chi connectivity index (χ1) is 15.0. The van der Waals surface area contributed by atoms with Crippen LogP contribution >= 0.6 is 23.2 Å². The molecular weight excluding hydrogens is 435 g/mol. The number of methoxy groups -OCH3 is 2. The highest BCUT2D eigenvalue weighted by atomic mass is 35.5. The lowest BCUT2D eigenvalue weighted by Gasteiger charge is -2.15. The third-order valence-electron chi connectivity index (χ3n) is 5.12. The molecule has 0 unspecified atom stereocenters. The van der Waals surface area contributed by atoms with E-state index in [0.29, 0.717) is 39.5 Å². The van der Waals surface area contributed by atoms with Gasteiger partial charge in [0.15, 0.2) is 5.65 Å². The second-order valence-corrected chi connectivity index (χ2v) is 7.72. The molecule has 0 saturated heterocycles. The monoisotopic (exact) mass is 456 g/mol. The van der Waals surface area contributed by atoms with Crippen LogP contribution < -0.4 is 14.8 Å². The van der Waals surface area contributed by atoms with Crippen molar-refractivity contribution in [1.29, 1.82) is 0 Å². The predicted molar refractivity (Wildman–Crippen MR) is 126 cm³/mol. The number of aromatic amines is 1. The van der Waals surface area contributed by atoms with Crippen LogP contribution in [0.4, 0.5) is 5.82 Å². The van der Waals surface area contributed by atoms with Crippen molar-refractivity contribution in [1.82, 2.24) is 15.0 Å². The van der Waals surface area contributed by atoms with E-state index >= 15 is 0 Å². The van der Waals surface area contributed by atoms with Crippen molar-refractivity contribution in [3.8, 4) is 22.8 Å². The number of nitrogens with zero attached hydrogens (tertiary/aromatic N) is 2. The van der Waals surface area contributed by atoms with E-state index in [2.05, 4.69) is 51.5 Å². The smallest absolute Gasteiger partial charge is 0.156 e. The molecule has 4 aromatic rings. The van der Waals surface area contributed by atoms with Crippen molar-refractivity contribution in [3.05, 3.63) is 63.8 Å². The van der Waals surface area contributed by atoms with Gasteiger partial charge in [0.25, 0.3) is 0 Å². The first kappa shape index (κ1) is 21.3. The van der Waals surface area contributed by atoms with Crippen LogP contribution in [0.5, 0.6) is 11.5 Å². The van der Waals surface area contributed by atoms with Gasteiger partial charge in [0, 0.05) is 23.9 Å². The number of hydrogen-bond acceptors (Lipinski definition) is 5. The quantitative estimate of drug-likeness (QED) is 0.350. The third-order valence-corrected chi connectivity index (χ3v) is 5.95. The van der Waals surface area contributed by atoms with Gasteiger partial charge in [-0.15, -0.1) is 0 Å². The molecule has 0 radical (unpaired) electrons. The summed E-state index contributed by atoms with van der Waals surface area (Å²) in [5.41, 5.74) is 5.51. The minimum absolute atomic E-state index is 0.334. The Hall–Kier alpha value is -2.96. The zero-order chi connectivity index (χ0) is 22.0. The fourth-order valence-electron chi connectivity index (χ4n) is 3.33. The highest BCUT2D eigenvalue weighted by molar-refractivity contribution is 6.37. The van der Waals surface area contributed by atoms with Crippen LogP contribution in [0.1, 0.15) is 18.1 Å². The number of aryl methyl sites for hydroxylation is 1. The van der Waals surface area contributed by atoms with Crippen LogP contribution in [0.3, 0.4) is 0 Å². The van der Waals surface area contributed by atoms with Crippen LogP contribution in [0.2, 0.25) is 10.0 Å². The van der Waals surface area contributed by atoms with Gasteiger partial charge in [-0.3, -0.25) is 0 Å². The molecule has 160 valence electrons. The molecule has 0 aliphatic heterocycles. The van der Waals surface area contributed by atoms with Gasteiger partial charge >= 0.3 is 0 Å². The molecule has 2 aromatic heterocycles. The Morgan fingerprint density at radius 3 is 2.29 bits per heavy atom. The fraction of sp³-hybridized carbons (Fsp3) is 0.217. The fourth-order valence-corrected chi connectivity index (χ4v) is 3.97. The predicted octanol–water partition coefficient (Wildman–Crippen LogP) is 6.12. The molecule has 2 heterocycles. The maximum Gasteiger partial charge on any atom is 0.156 e. The van der Waals surface area contributed by atoms with Gasteiger partial charge in [-0.05, 0) is 23.6 Å². The number of nitrogens with one attached hydrogen (secondary N) is 2. The molecule has 2 N–H and O–H groups in total. The molecule has 6 nitrogen and oxygen atoms in total. The van der Waals surface area contributed by atoms with Gasteiger partial charge in [-0.25, -0.2) is 9.97 Å². The molecule has 4 rings (SSSR count). The number of anilines is 1. The second-order valence-electron chi connectivity index (χ2n) is 6.96. The Morgan fingerprint density at radius 1 is 1.00 bits per heavy atom. The lowest BCUT2D eigenvalue weighted by molar-refractivity contribution is 0.394. The van der Waals surface area contributed by atoms with Crippen molar-refractivity contribution < 1.29 is 9.47 Å². The SMILES string of the molecule is CCc1ccc(-c2cc3nc(NCc4c(Cl)c(OC)cc(OC)c4Cl)cnc3[nH]2)cc1. The maximum atomic E-state index is 6.45. The summed E-state index contributed by atoms with van der Waals surface area (Å²) >= 11 is 12.9. The molecule has 0 bridgehead atoms. The molecule has 0 aliphatic carbocycles. The molecule has 0 amide bonds. The second kappa shape index (κ2) is 9.04. The normalized spacial score (nSPS) is 11.0. The summed E-state index contributed by atoms with van der Waals surface area (Å²) in [4.78, 5) is 12.5. The van der Waals surface area contributed by atoms with Crippen molar-refractivity contribution in [3.63, 3.8) is 0 Å². The topological polar surface area (TPSA) is 72.1 Å². The Bertz CT molecular complexity index is 1190. The minimum atomic E-state index is 0.334.